The van der Waals surface area contributed by atoms with Crippen molar-refractivity contribution in [2.45, 2.75) is 12.3 Å². The molecule has 1 N–H and O–H groups in total. The number of hydrogen-bond donors (Lipinski definition) is 1. The van der Waals surface area contributed by atoms with Gasteiger partial charge in [-0.2, -0.15) is 0 Å². The molecule has 0 aliphatic carbocycles. The molecule has 110 valence electrons. The Morgan fingerprint density at radius 2 is 2.29 bits per heavy atom. The first kappa shape index (κ1) is 15.2. The number of alkyl halides is 1. The first-order valence-electron chi connectivity index (χ1n) is 6.49. The zero-order chi connectivity index (χ0) is 15.2. The van der Waals surface area contributed by atoms with E-state index in [1.807, 2.05) is 0 Å². The van der Waals surface area contributed by atoms with Crippen LogP contribution >= 0.6 is 11.6 Å². The number of carbonyl (C=O) groups excluding carboxylic acids is 1. The van der Waals surface area contributed by atoms with E-state index in [-0.39, 0.29) is 17.0 Å². The summed E-state index contributed by atoms with van der Waals surface area (Å²) in [6, 6.07) is 10.4. The van der Waals surface area contributed by atoms with Crippen LogP contribution in [0.5, 0.6) is 5.75 Å². The van der Waals surface area contributed by atoms with Gasteiger partial charge in [0.25, 0.3) is 5.91 Å². The van der Waals surface area contributed by atoms with E-state index in [0.717, 1.165) is 0 Å². The molecule has 4 nitrogen and oxygen atoms in total. The van der Waals surface area contributed by atoms with Crippen LogP contribution < -0.4 is 10.1 Å². The predicted molar refractivity (Wildman–Crippen MR) is 83.1 cm³/mol. The number of nitrogens with one attached hydrogen (secondary N) is 1. The molecule has 1 unspecified atom stereocenters. The van der Waals surface area contributed by atoms with Crippen LogP contribution in [0.2, 0.25) is 0 Å². The maximum atomic E-state index is 12.1. The van der Waals surface area contributed by atoms with Gasteiger partial charge in [-0.3, -0.25) is 4.79 Å². The fraction of sp³-hybridized carbons (Fsp3) is 0.188. The lowest BCUT2D eigenvalue weighted by atomic mass is 10.3. The highest BCUT2D eigenvalue weighted by Gasteiger charge is 2.14. The van der Waals surface area contributed by atoms with E-state index < -0.39 is 0 Å². The standard InChI is InChI=1S/C16H16ClNO3/c1-3-9-20-13-6-4-5-12(10-13)18-16(19)15-8-7-14(21-15)11(2)17/h3-8,10-11H,1,9H2,2H3,(H,18,19). The molecule has 0 radical (unpaired) electrons. The fourth-order valence-electron chi connectivity index (χ4n) is 1.70. The van der Waals surface area contributed by atoms with Gasteiger partial charge in [0.1, 0.15) is 18.1 Å². The minimum absolute atomic E-state index is 0.218. The van der Waals surface area contributed by atoms with E-state index in [1.54, 1.807) is 49.4 Å². The van der Waals surface area contributed by atoms with Gasteiger partial charge in [-0.1, -0.05) is 18.7 Å². The molecule has 21 heavy (non-hydrogen) atoms. The van der Waals surface area contributed by atoms with Gasteiger partial charge in [0.15, 0.2) is 5.76 Å². The second-order valence-corrected chi connectivity index (χ2v) is 5.05. The van der Waals surface area contributed by atoms with Crippen molar-refractivity contribution in [3.63, 3.8) is 0 Å². The molecule has 1 aromatic heterocycles. The third-order valence-electron chi connectivity index (χ3n) is 2.70. The average molecular weight is 306 g/mol. The van der Waals surface area contributed by atoms with Crippen LogP contribution in [0, 0.1) is 0 Å². The molecule has 2 rings (SSSR count). The Hall–Kier alpha value is -2.20. The van der Waals surface area contributed by atoms with Crippen molar-refractivity contribution in [3.8, 4) is 5.75 Å². The third kappa shape index (κ3) is 4.13. The number of halogens is 1. The number of rotatable bonds is 6. The Kier molecular flexibility index (Phi) is 5.06. The van der Waals surface area contributed by atoms with Gasteiger partial charge >= 0.3 is 0 Å². The van der Waals surface area contributed by atoms with Gasteiger partial charge in [0.2, 0.25) is 0 Å². The summed E-state index contributed by atoms with van der Waals surface area (Å²) in [5.41, 5.74) is 0.624. The monoisotopic (exact) mass is 305 g/mol. The first-order chi connectivity index (χ1) is 10.1. The van der Waals surface area contributed by atoms with Crippen molar-refractivity contribution >= 4 is 23.2 Å². The topological polar surface area (TPSA) is 51.5 Å². The molecule has 0 saturated heterocycles. The second kappa shape index (κ2) is 6.99. The zero-order valence-electron chi connectivity index (χ0n) is 11.6. The zero-order valence-corrected chi connectivity index (χ0v) is 12.4. The molecule has 1 atom stereocenters. The van der Waals surface area contributed by atoms with E-state index >= 15 is 0 Å². The molecule has 0 fully saturated rings. The molecular weight excluding hydrogens is 290 g/mol. The van der Waals surface area contributed by atoms with Crippen molar-refractivity contribution in [2.24, 2.45) is 0 Å². The molecule has 0 bridgehead atoms. The van der Waals surface area contributed by atoms with Crippen molar-refractivity contribution in [1.82, 2.24) is 0 Å². The highest BCUT2D eigenvalue weighted by atomic mass is 35.5. The molecule has 1 heterocycles. The second-order valence-electron chi connectivity index (χ2n) is 4.40. The smallest absolute Gasteiger partial charge is 0.291 e. The summed E-state index contributed by atoms with van der Waals surface area (Å²) in [5.74, 6) is 1.10. The van der Waals surface area contributed by atoms with Crippen LogP contribution in [0.1, 0.15) is 28.6 Å². The lowest BCUT2D eigenvalue weighted by molar-refractivity contribution is 0.0995. The van der Waals surface area contributed by atoms with Gasteiger partial charge in [-0.15, -0.1) is 11.6 Å². The van der Waals surface area contributed by atoms with E-state index in [4.69, 9.17) is 20.8 Å². The van der Waals surface area contributed by atoms with Crippen LogP contribution in [-0.2, 0) is 0 Å². The summed E-state index contributed by atoms with van der Waals surface area (Å²) in [6.07, 6.45) is 1.66. The van der Waals surface area contributed by atoms with E-state index in [1.165, 1.54) is 0 Å². The predicted octanol–water partition coefficient (Wildman–Crippen LogP) is 4.40. The Balaban J connectivity index is 2.06. The summed E-state index contributed by atoms with van der Waals surface area (Å²) >= 11 is 5.90. The van der Waals surface area contributed by atoms with Gasteiger partial charge in [0.05, 0.1) is 5.38 Å². The molecule has 0 saturated carbocycles. The van der Waals surface area contributed by atoms with Gasteiger partial charge < -0.3 is 14.5 Å². The maximum absolute atomic E-state index is 12.1. The van der Waals surface area contributed by atoms with Gasteiger partial charge in [0, 0.05) is 11.8 Å². The van der Waals surface area contributed by atoms with Crippen molar-refractivity contribution in [3.05, 3.63) is 60.6 Å². The van der Waals surface area contributed by atoms with Gasteiger partial charge in [-0.25, -0.2) is 0 Å². The molecule has 5 heteroatoms. The minimum atomic E-state index is -0.334. The molecular formula is C16H16ClNO3. The summed E-state index contributed by atoms with van der Waals surface area (Å²) < 4.78 is 10.8. The normalized spacial score (nSPS) is 11.7. The Morgan fingerprint density at radius 3 is 2.95 bits per heavy atom. The summed E-state index contributed by atoms with van der Waals surface area (Å²) in [7, 11) is 0. The van der Waals surface area contributed by atoms with Gasteiger partial charge in [-0.05, 0) is 31.2 Å². The average Bonchev–Trinajstić information content (AvgIpc) is 2.95. The number of hydrogen-bond acceptors (Lipinski definition) is 3. The number of ether oxygens (including phenoxy) is 1. The van der Waals surface area contributed by atoms with Crippen LogP contribution in [-0.4, -0.2) is 12.5 Å². The minimum Gasteiger partial charge on any atom is -0.489 e. The number of carbonyl (C=O) groups is 1. The molecule has 1 amide bonds. The van der Waals surface area contributed by atoms with Crippen LogP contribution in [0.15, 0.2) is 53.5 Å². The molecule has 2 aromatic rings. The summed E-state index contributed by atoms with van der Waals surface area (Å²) in [6.45, 7) is 5.77. The van der Waals surface area contributed by atoms with Crippen LogP contribution in [0.4, 0.5) is 5.69 Å². The van der Waals surface area contributed by atoms with E-state index in [9.17, 15) is 4.79 Å². The van der Waals surface area contributed by atoms with Crippen LogP contribution in [0.3, 0.4) is 0 Å². The van der Waals surface area contributed by atoms with Crippen molar-refractivity contribution in [1.29, 1.82) is 0 Å². The van der Waals surface area contributed by atoms with Crippen LogP contribution in [0.25, 0.3) is 0 Å². The Labute approximate surface area is 128 Å². The first-order valence-corrected chi connectivity index (χ1v) is 6.92. The maximum Gasteiger partial charge on any atom is 0.291 e. The summed E-state index contributed by atoms with van der Waals surface area (Å²) in [5, 5.41) is 2.47. The Morgan fingerprint density at radius 1 is 1.48 bits per heavy atom. The number of benzene rings is 1. The van der Waals surface area contributed by atoms with Crippen molar-refractivity contribution in [2.75, 3.05) is 11.9 Å². The molecule has 0 spiro atoms. The highest BCUT2D eigenvalue weighted by Crippen LogP contribution is 2.23. The SMILES string of the molecule is C=CCOc1cccc(NC(=O)c2ccc(C(C)Cl)o2)c1. The lowest BCUT2D eigenvalue weighted by Crippen LogP contribution is -2.10. The quantitative estimate of drug-likeness (QED) is 0.636. The molecule has 0 aliphatic heterocycles. The highest BCUT2D eigenvalue weighted by molar-refractivity contribution is 6.20. The molecule has 0 aliphatic rings. The van der Waals surface area contributed by atoms with E-state index in [0.29, 0.717) is 23.8 Å². The molecule has 1 aromatic carbocycles. The van der Waals surface area contributed by atoms with Crippen molar-refractivity contribution < 1.29 is 13.9 Å². The third-order valence-corrected chi connectivity index (χ3v) is 2.92. The largest absolute Gasteiger partial charge is 0.489 e. The Bertz CT molecular complexity index is 634. The van der Waals surface area contributed by atoms with E-state index in [2.05, 4.69) is 11.9 Å². The fourth-order valence-corrected chi connectivity index (χ4v) is 1.82. The summed E-state index contributed by atoms with van der Waals surface area (Å²) in [4.78, 5) is 12.1. The number of anilines is 1. The number of amides is 1. The number of furan rings is 1. The lowest BCUT2D eigenvalue weighted by Gasteiger charge is -2.07.